The lowest BCUT2D eigenvalue weighted by atomic mass is 9.98. The molecule has 0 bridgehead atoms. The Bertz CT molecular complexity index is 710. The Morgan fingerprint density at radius 3 is 2.38 bits per heavy atom. The molecule has 7 heteroatoms. The molecular weight excluding hydrogens is 330 g/mol. The molecule has 2 aromatic rings. The number of carbonyl (C=O) groups is 2. The molecule has 0 saturated heterocycles. The van der Waals surface area contributed by atoms with Crippen molar-refractivity contribution in [2.24, 2.45) is 5.73 Å². The summed E-state index contributed by atoms with van der Waals surface area (Å²) in [5.41, 5.74) is 6.99. The molecule has 0 atom stereocenters. The molecule has 2 amide bonds. The van der Waals surface area contributed by atoms with Crippen molar-refractivity contribution in [2.75, 3.05) is 10.6 Å². The highest BCUT2D eigenvalue weighted by molar-refractivity contribution is 6.04. The number of hydrogen-bond donors (Lipinski definition) is 3. The van der Waals surface area contributed by atoms with Gasteiger partial charge in [0.15, 0.2) is 0 Å². The highest BCUT2D eigenvalue weighted by Crippen LogP contribution is 2.28. The molecule has 1 saturated carbocycles. The van der Waals surface area contributed by atoms with Crippen LogP contribution in [0.15, 0.2) is 47.3 Å². The predicted octanol–water partition coefficient (Wildman–Crippen LogP) is 3.16. The zero-order valence-corrected chi connectivity index (χ0v) is 13.9. The summed E-state index contributed by atoms with van der Waals surface area (Å²) >= 11 is 0. The highest BCUT2D eigenvalue weighted by Gasteiger charge is 2.36. The molecule has 4 N–H and O–H groups in total. The van der Waals surface area contributed by atoms with Crippen molar-refractivity contribution in [3.8, 4) is 0 Å². The Kier molecular flexibility index (Phi) is 5.64. The van der Waals surface area contributed by atoms with Crippen molar-refractivity contribution in [1.82, 2.24) is 0 Å². The van der Waals surface area contributed by atoms with Crippen LogP contribution in [-0.2, 0) is 4.79 Å². The molecule has 24 heavy (non-hydrogen) atoms. The maximum Gasteiger partial charge on any atom is 0.258 e. The summed E-state index contributed by atoms with van der Waals surface area (Å²) in [5, 5.41) is 5.59. The fourth-order valence-corrected chi connectivity index (χ4v) is 2.76. The first-order chi connectivity index (χ1) is 11.1. The fourth-order valence-electron chi connectivity index (χ4n) is 2.76. The SMILES string of the molecule is Cl.NC1(C(=O)Nc2cccc(NC(=O)c3ccoc3)c2)CCCC1. The molecule has 1 fully saturated rings. The molecule has 1 aromatic carbocycles. The van der Waals surface area contributed by atoms with Gasteiger partial charge >= 0.3 is 0 Å². The highest BCUT2D eigenvalue weighted by atomic mass is 35.5. The van der Waals surface area contributed by atoms with Crippen LogP contribution in [0.25, 0.3) is 0 Å². The van der Waals surface area contributed by atoms with Gasteiger partial charge in [0.05, 0.1) is 17.4 Å². The van der Waals surface area contributed by atoms with E-state index in [1.54, 1.807) is 30.3 Å². The molecule has 6 nitrogen and oxygen atoms in total. The molecule has 128 valence electrons. The van der Waals surface area contributed by atoms with Crippen LogP contribution >= 0.6 is 12.4 Å². The zero-order valence-electron chi connectivity index (χ0n) is 13.1. The van der Waals surface area contributed by atoms with Crippen molar-refractivity contribution >= 4 is 35.6 Å². The Labute approximate surface area is 146 Å². The molecule has 1 aromatic heterocycles. The minimum Gasteiger partial charge on any atom is -0.472 e. The zero-order chi connectivity index (χ0) is 16.3. The van der Waals surface area contributed by atoms with Crippen LogP contribution in [0.5, 0.6) is 0 Å². The van der Waals surface area contributed by atoms with Crippen molar-refractivity contribution in [2.45, 2.75) is 31.2 Å². The number of benzene rings is 1. The summed E-state index contributed by atoms with van der Waals surface area (Å²) in [5.74, 6) is -0.443. The molecular formula is C17H20ClN3O3. The number of carbonyl (C=O) groups excluding carboxylic acids is 2. The third kappa shape index (κ3) is 3.96. The Balaban J connectivity index is 0.00000208. The summed E-state index contributed by atoms with van der Waals surface area (Å²) in [4.78, 5) is 24.3. The second-order valence-corrected chi connectivity index (χ2v) is 5.86. The molecule has 1 aliphatic rings. The first-order valence-electron chi connectivity index (χ1n) is 7.61. The van der Waals surface area contributed by atoms with Gasteiger partial charge in [-0.25, -0.2) is 0 Å². The van der Waals surface area contributed by atoms with E-state index in [9.17, 15) is 9.59 Å². The molecule has 0 spiro atoms. The smallest absolute Gasteiger partial charge is 0.258 e. The lowest BCUT2D eigenvalue weighted by molar-refractivity contribution is -0.121. The van der Waals surface area contributed by atoms with Gasteiger partial charge in [-0.2, -0.15) is 0 Å². The largest absolute Gasteiger partial charge is 0.472 e. The minimum absolute atomic E-state index is 0. The first-order valence-corrected chi connectivity index (χ1v) is 7.61. The summed E-state index contributed by atoms with van der Waals surface area (Å²) in [7, 11) is 0. The van der Waals surface area contributed by atoms with E-state index in [2.05, 4.69) is 10.6 Å². The van der Waals surface area contributed by atoms with Crippen molar-refractivity contribution in [3.05, 3.63) is 48.4 Å². The number of nitrogens with two attached hydrogens (primary N) is 1. The monoisotopic (exact) mass is 349 g/mol. The number of halogens is 1. The van der Waals surface area contributed by atoms with Crippen LogP contribution < -0.4 is 16.4 Å². The van der Waals surface area contributed by atoms with Crippen LogP contribution in [0, 0.1) is 0 Å². The molecule has 0 aliphatic heterocycles. The van der Waals surface area contributed by atoms with Crippen molar-refractivity contribution in [1.29, 1.82) is 0 Å². The number of amides is 2. The van der Waals surface area contributed by atoms with Crippen LogP contribution in [0.4, 0.5) is 11.4 Å². The Hall–Kier alpha value is -2.31. The lowest BCUT2D eigenvalue weighted by Gasteiger charge is -2.22. The van der Waals surface area contributed by atoms with Crippen molar-refractivity contribution in [3.63, 3.8) is 0 Å². The van der Waals surface area contributed by atoms with Gasteiger partial charge in [0.1, 0.15) is 6.26 Å². The fraction of sp³-hybridized carbons (Fsp3) is 0.294. The number of furan rings is 1. The van der Waals surface area contributed by atoms with Gasteiger partial charge < -0.3 is 20.8 Å². The quantitative estimate of drug-likeness (QED) is 0.789. The van der Waals surface area contributed by atoms with Gasteiger partial charge in [0.2, 0.25) is 5.91 Å². The van der Waals surface area contributed by atoms with Crippen LogP contribution in [0.1, 0.15) is 36.0 Å². The molecule has 1 aliphatic carbocycles. The van der Waals surface area contributed by atoms with Crippen LogP contribution in [0.2, 0.25) is 0 Å². The second kappa shape index (κ2) is 7.51. The molecule has 3 rings (SSSR count). The number of nitrogens with one attached hydrogen (secondary N) is 2. The Morgan fingerprint density at radius 2 is 1.75 bits per heavy atom. The molecule has 0 radical (unpaired) electrons. The van der Waals surface area contributed by atoms with E-state index in [4.69, 9.17) is 10.2 Å². The summed E-state index contributed by atoms with van der Waals surface area (Å²) in [6.45, 7) is 0. The van der Waals surface area contributed by atoms with E-state index < -0.39 is 5.54 Å². The minimum atomic E-state index is -0.782. The number of anilines is 2. The normalized spacial score (nSPS) is 15.4. The topological polar surface area (TPSA) is 97.4 Å². The van der Waals surface area contributed by atoms with E-state index in [0.29, 0.717) is 29.8 Å². The molecule has 1 heterocycles. The number of hydrogen-bond acceptors (Lipinski definition) is 4. The maximum absolute atomic E-state index is 12.3. The predicted molar refractivity (Wildman–Crippen MR) is 94.4 cm³/mol. The van der Waals surface area contributed by atoms with Gasteiger partial charge in [-0.05, 0) is 37.1 Å². The summed E-state index contributed by atoms with van der Waals surface area (Å²) in [6, 6.07) is 8.57. The van der Waals surface area contributed by atoms with Gasteiger partial charge in [-0.1, -0.05) is 18.9 Å². The van der Waals surface area contributed by atoms with Crippen molar-refractivity contribution < 1.29 is 14.0 Å². The van der Waals surface area contributed by atoms with Crippen LogP contribution in [-0.4, -0.2) is 17.4 Å². The van der Waals surface area contributed by atoms with Crippen LogP contribution in [0.3, 0.4) is 0 Å². The van der Waals surface area contributed by atoms with E-state index in [-0.39, 0.29) is 24.2 Å². The Morgan fingerprint density at radius 1 is 1.08 bits per heavy atom. The average molecular weight is 350 g/mol. The van der Waals surface area contributed by atoms with Gasteiger partial charge in [0.25, 0.3) is 5.91 Å². The lowest BCUT2D eigenvalue weighted by Crippen LogP contribution is -2.48. The third-order valence-corrected chi connectivity index (χ3v) is 4.11. The maximum atomic E-state index is 12.3. The summed E-state index contributed by atoms with van der Waals surface area (Å²) < 4.78 is 4.89. The summed E-state index contributed by atoms with van der Waals surface area (Å²) in [6.07, 6.45) is 6.17. The van der Waals surface area contributed by atoms with E-state index in [0.717, 1.165) is 12.8 Å². The first kappa shape index (κ1) is 18.0. The van der Waals surface area contributed by atoms with Gasteiger partial charge in [-0.15, -0.1) is 12.4 Å². The van der Waals surface area contributed by atoms with Gasteiger partial charge in [0, 0.05) is 11.4 Å². The van der Waals surface area contributed by atoms with E-state index in [1.807, 2.05) is 0 Å². The average Bonchev–Trinajstić information content (AvgIpc) is 3.19. The third-order valence-electron chi connectivity index (χ3n) is 4.11. The van der Waals surface area contributed by atoms with E-state index >= 15 is 0 Å². The second-order valence-electron chi connectivity index (χ2n) is 5.86. The molecule has 0 unspecified atom stereocenters. The van der Waals surface area contributed by atoms with Gasteiger partial charge in [-0.3, -0.25) is 9.59 Å². The van der Waals surface area contributed by atoms with E-state index in [1.165, 1.54) is 12.5 Å². The standard InChI is InChI=1S/C17H19N3O3.ClH/c18-17(7-1-2-8-17)16(22)20-14-5-3-4-13(10-14)19-15(21)12-6-9-23-11-12;/h3-6,9-11H,1-2,7-8,18H2,(H,19,21)(H,20,22);1H. The number of rotatable bonds is 4.